The molecule has 0 bridgehead atoms. The summed E-state index contributed by atoms with van der Waals surface area (Å²) in [5.41, 5.74) is 0. The highest BCUT2D eigenvalue weighted by Gasteiger charge is 2.18. The van der Waals surface area contributed by atoms with Gasteiger partial charge in [-0.05, 0) is 46.3 Å². The third kappa shape index (κ3) is 7.02. The molecule has 0 saturated heterocycles. The second-order valence-electron chi connectivity index (χ2n) is 5.94. The van der Waals surface area contributed by atoms with Gasteiger partial charge in [0, 0.05) is 12.6 Å². The first-order valence-corrected chi connectivity index (χ1v) is 7.14. The van der Waals surface area contributed by atoms with Crippen molar-refractivity contribution in [2.45, 2.75) is 57.6 Å². The van der Waals surface area contributed by atoms with Gasteiger partial charge < -0.3 is 15.3 Å². The van der Waals surface area contributed by atoms with Gasteiger partial charge >= 0.3 is 0 Å². The van der Waals surface area contributed by atoms with E-state index < -0.39 is 0 Å². The average Bonchev–Trinajstić information content (AvgIpc) is 2.76. The van der Waals surface area contributed by atoms with E-state index in [4.69, 9.17) is 0 Å². The summed E-state index contributed by atoms with van der Waals surface area (Å²) in [6, 6.07) is 0.496. The Morgan fingerprint density at radius 1 is 1.29 bits per heavy atom. The molecule has 17 heavy (non-hydrogen) atoms. The van der Waals surface area contributed by atoms with Crippen molar-refractivity contribution < 1.29 is 5.11 Å². The van der Waals surface area contributed by atoms with Gasteiger partial charge in [-0.3, -0.25) is 0 Å². The lowest BCUT2D eigenvalue weighted by Crippen LogP contribution is -2.36. The molecule has 1 aliphatic carbocycles. The monoisotopic (exact) mass is 242 g/mol. The number of nitrogens with zero attached hydrogens (tertiary/aromatic N) is 1. The topological polar surface area (TPSA) is 35.5 Å². The summed E-state index contributed by atoms with van der Waals surface area (Å²) < 4.78 is 0. The molecule has 0 aromatic rings. The van der Waals surface area contributed by atoms with Gasteiger partial charge in [0.25, 0.3) is 0 Å². The highest BCUT2D eigenvalue weighted by atomic mass is 16.3. The summed E-state index contributed by atoms with van der Waals surface area (Å²) >= 11 is 0. The molecule has 3 nitrogen and oxygen atoms in total. The van der Waals surface area contributed by atoms with Gasteiger partial charge in [-0.2, -0.15) is 0 Å². The Hall–Kier alpha value is -0.120. The highest BCUT2D eigenvalue weighted by molar-refractivity contribution is 4.73. The van der Waals surface area contributed by atoms with E-state index in [1.54, 1.807) is 0 Å². The van der Waals surface area contributed by atoms with Gasteiger partial charge in [-0.1, -0.05) is 25.7 Å². The summed E-state index contributed by atoms with van der Waals surface area (Å²) in [5.74, 6) is 0.781. The van der Waals surface area contributed by atoms with Crippen LogP contribution in [0, 0.1) is 5.92 Å². The Kier molecular flexibility index (Phi) is 7.09. The van der Waals surface area contributed by atoms with Crippen LogP contribution in [0.5, 0.6) is 0 Å². The van der Waals surface area contributed by atoms with Crippen molar-refractivity contribution in [1.29, 1.82) is 0 Å². The molecule has 1 aliphatic rings. The average molecular weight is 242 g/mol. The third-order valence-corrected chi connectivity index (χ3v) is 3.79. The van der Waals surface area contributed by atoms with Crippen LogP contribution in [0.2, 0.25) is 0 Å². The van der Waals surface area contributed by atoms with Gasteiger partial charge in [0.05, 0.1) is 6.10 Å². The molecule has 0 spiro atoms. The second kappa shape index (κ2) is 8.06. The largest absolute Gasteiger partial charge is 0.392 e. The first-order chi connectivity index (χ1) is 8.08. The minimum Gasteiger partial charge on any atom is -0.392 e. The molecule has 2 unspecified atom stereocenters. The second-order valence-corrected chi connectivity index (χ2v) is 5.94. The maximum atomic E-state index is 9.96. The van der Waals surface area contributed by atoms with E-state index in [0.717, 1.165) is 31.8 Å². The van der Waals surface area contributed by atoms with Crippen LogP contribution in [0.1, 0.15) is 45.4 Å². The minimum absolute atomic E-state index is 0.153. The lowest BCUT2D eigenvalue weighted by Gasteiger charge is -2.20. The van der Waals surface area contributed by atoms with Gasteiger partial charge in [0.15, 0.2) is 0 Å². The summed E-state index contributed by atoms with van der Waals surface area (Å²) in [5, 5.41) is 13.4. The normalized spacial score (nSPS) is 21.0. The van der Waals surface area contributed by atoms with E-state index in [-0.39, 0.29) is 6.10 Å². The van der Waals surface area contributed by atoms with Crippen LogP contribution in [-0.2, 0) is 0 Å². The Balaban J connectivity index is 2.03. The van der Waals surface area contributed by atoms with E-state index in [1.165, 1.54) is 25.7 Å². The fourth-order valence-electron chi connectivity index (χ4n) is 2.61. The molecule has 2 N–H and O–H groups in total. The van der Waals surface area contributed by atoms with Crippen LogP contribution >= 0.6 is 0 Å². The Morgan fingerprint density at radius 2 is 1.94 bits per heavy atom. The first kappa shape index (κ1) is 14.9. The van der Waals surface area contributed by atoms with Gasteiger partial charge in [-0.15, -0.1) is 0 Å². The zero-order valence-corrected chi connectivity index (χ0v) is 11.8. The van der Waals surface area contributed by atoms with Crippen molar-refractivity contribution in [1.82, 2.24) is 10.2 Å². The molecule has 1 fully saturated rings. The van der Waals surface area contributed by atoms with Crippen LogP contribution in [-0.4, -0.2) is 49.3 Å². The van der Waals surface area contributed by atoms with E-state index in [0.29, 0.717) is 6.04 Å². The molecule has 0 aliphatic heterocycles. The highest BCUT2D eigenvalue weighted by Crippen LogP contribution is 2.28. The molecule has 1 rings (SSSR count). The maximum absolute atomic E-state index is 9.96. The van der Waals surface area contributed by atoms with Crippen LogP contribution in [0.15, 0.2) is 0 Å². The Bertz CT molecular complexity index is 191. The smallest absolute Gasteiger partial charge is 0.0667 e. The molecule has 0 heterocycles. The SMILES string of the molecule is CC(CCN(C)C)NCC(O)CC1CCCC1. The summed E-state index contributed by atoms with van der Waals surface area (Å²) in [6.07, 6.45) is 7.37. The van der Waals surface area contributed by atoms with Gasteiger partial charge in [-0.25, -0.2) is 0 Å². The van der Waals surface area contributed by atoms with Crippen LogP contribution < -0.4 is 5.32 Å². The van der Waals surface area contributed by atoms with E-state index in [9.17, 15) is 5.11 Å². The molecule has 102 valence electrons. The number of aliphatic hydroxyl groups excluding tert-OH is 1. The molecule has 2 atom stereocenters. The van der Waals surface area contributed by atoms with Gasteiger partial charge in [0.1, 0.15) is 0 Å². The molecular weight excluding hydrogens is 212 g/mol. The molecule has 3 heteroatoms. The van der Waals surface area contributed by atoms with Gasteiger partial charge in [0.2, 0.25) is 0 Å². The standard InChI is InChI=1S/C14H30N2O/c1-12(8-9-16(2)3)15-11-14(17)10-13-6-4-5-7-13/h12-15,17H,4-11H2,1-3H3. The molecule has 0 radical (unpaired) electrons. The zero-order chi connectivity index (χ0) is 12.7. The molecular formula is C14H30N2O. The van der Waals surface area contributed by atoms with E-state index >= 15 is 0 Å². The minimum atomic E-state index is -0.153. The lowest BCUT2D eigenvalue weighted by atomic mass is 10.00. The van der Waals surface area contributed by atoms with Crippen molar-refractivity contribution in [2.24, 2.45) is 5.92 Å². The van der Waals surface area contributed by atoms with Crippen LogP contribution in [0.25, 0.3) is 0 Å². The molecule has 0 amide bonds. The van der Waals surface area contributed by atoms with Crippen LogP contribution in [0.3, 0.4) is 0 Å². The fraction of sp³-hybridized carbons (Fsp3) is 1.00. The third-order valence-electron chi connectivity index (χ3n) is 3.79. The summed E-state index contributed by atoms with van der Waals surface area (Å²) in [7, 11) is 4.20. The quantitative estimate of drug-likeness (QED) is 0.682. The summed E-state index contributed by atoms with van der Waals surface area (Å²) in [6.45, 7) is 4.06. The predicted molar refractivity (Wildman–Crippen MR) is 73.2 cm³/mol. The predicted octanol–water partition coefficient (Wildman–Crippen LogP) is 1.86. The number of rotatable bonds is 8. The molecule has 0 aromatic carbocycles. The fourth-order valence-corrected chi connectivity index (χ4v) is 2.61. The number of hydrogen-bond acceptors (Lipinski definition) is 3. The summed E-state index contributed by atoms with van der Waals surface area (Å²) in [4.78, 5) is 2.20. The van der Waals surface area contributed by atoms with Crippen molar-refractivity contribution in [3.63, 3.8) is 0 Å². The van der Waals surface area contributed by atoms with Crippen molar-refractivity contribution >= 4 is 0 Å². The van der Waals surface area contributed by atoms with Crippen molar-refractivity contribution in [3.8, 4) is 0 Å². The Labute approximate surface area is 107 Å². The number of hydrogen-bond donors (Lipinski definition) is 2. The molecule has 0 aromatic heterocycles. The maximum Gasteiger partial charge on any atom is 0.0667 e. The lowest BCUT2D eigenvalue weighted by molar-refractivity contribution is 0.136. The van der Waals surface area contributed by atoms with Crippen molar-refractivity contribution in [3.05, 3.63) is 0 Å². The van der Waals surface area contributed by atoms with Crippen LogP contribution in [0.4, 0.5) is 0 Å². The Morgan fingerprint density at radius 3 is 2.53 bits per heavy atom. The van der Waals surface area contributed by atoms with E-state index in [1.807, 2.05) is 0 Å². The van der Waals surface area contributed by atoms with Crippen molar-refractivity contribution in [2.75, 3.05) is 27.2 Å². The molecule has 1 saturated carbocycles. The van der Waals surface area contributed by atoms with E-state index in [2.05, 4.69) is 31.2 Å². The first-order valence-electron chi connectivity index (χ1n) is 7.14. The number of nitrogens with one attached hydrogen (secondary N) is 1. The number of aliphatic hydroxyl groups is 1. The zero-order valence-electron chi connectivity index (χ0n) is 11.8.